The second-order valence-corrected chi connectivity index (χ2v) is 4.16. The van der Waals surface area contributed by atoms with Gasteiger partial charge in [0.25, 0.3) is 0 Å². The predicted molar refractivity (Wildman–Crippen MR) is 46.9 cm³/mol. The van der Waals surface area contributed by atoms with Gasteiger partial charge in [-0.25, -0.2) is 0 Å². The number of hydrogen-bond acceptors (Lipinski definition) is 2. The van der Waals surface area contributed by atoms with E-state index in [1.165, 1.54) is 0 Å². The summed E-state index contributed by atoms with van der Waals surface area (Å²) in [6.07, 6.45) is 0. The fourth-order valence-electron chi connectivity index (χ4n) is 1.35. The average molecular weight is 171 g/mol. The highest BCUT2D eigenvalue weighted by atomic mass is 16.5. The van der Waals surface area contributed by atoms with E-state index in [-0.39, 0.29) is 24.2 Å². The molecule has 70 valence electrons. The average Bonchev–Trinajstić information content (AvgIpc) is 1.94. The lowest BCUT2D eigenvalue weighted by atomic mass is 10.1. The summed E-state index contributed by atoms with van der Waals surface area (Å²) >= 11 is 0. The van der Waals surface area contributed by atoms with E-state index < -0.39 is 0 Å². The minimum absolute atomic E-state index is 0.101. The summed E-state index contributed by atoms with van der Waals surface area (Å²) < 4.78 is 5.37. The van der Waals surface area contributed by atoms with E-state index in [9.17, 15) is 4.79 Å². The van der Waals surface area contributed by atoms with Crippen molar-refractivity contribution in [1.82, 2.24) is 4.90 Å². The first-order valence-corrected chi connectivity index (χ1v) is 4.36. The van der Waals surface area contributed by atoms with Gasteiger partial charge in [0.2, 0.25) is 5.91 Å². The Hall–Kier alpha value is -0.570. The van der Waals surface area contributed by atoms with Crippen molar-refractivity contribution in [1.29, 1.82) is 0 Å². The Bertz CT molecular complexity index is 187. The van der Waals surface area contributed by atoms with Gasteiger partial charge >= 0.3 is 0 Å². The monoisotopic (exact) mass is 171 g/mol. The molecule has 1 heterocycles. The summed E-state index contributed by atoms with van der Waals surface area (Å²) in [4.78, 5) is 13.2. The Morgan fingerprint density at radius 1 is 1.50 bits per heavy atom. The molecule has 0 spiro atoms. The van der Waals surface area contributed by atoms with Crippen LogP contribution >= 0.6 is 0 Å². The number of hydrogen-bond donors (Lipinski definition) is 0. The van der Waals surface area contributed by atoms with E-state index in [0.29, 0.717) is 6.54 Å². The summed E-state index contributed by atoms with van der Waals surface area (Å²) in [6, 6.07) is 0.278. The number of morpholine rings is 1. The first kappa shape index (κ1) is 9.52. The van der Waals surface area contributed by atoms with E-state index in [1.807, 2.05) is 32.6 Å². The Labute approximate surface area is 73.7 Å². The van der Waals surface area contributed by atoms with Crippen LogP contribution in [0.5, 0.6) is 0 Å². The van der Waals surface area contributed by atoms with Gasteiger partial charge in [0.1, 0.15) is 6.61 Å². The molecule has 0 radical (unpaired) electrons. The first-order valence-electron chi connectivity index (χ1n) is 4.36. The predicted octanol–water partition coefficient (Wildman–Crippen LogP) is 1.03. The summed E-state index contributed by atoms with van der Waals surface area (Å²) in [5, 5.41) is 0. The van der Waals surface area contributed by atoms with Crippen molar-refractivity contribution < 1.29 is 9.53 Å². The van der Waals surface area contributed by atoms with Crippen LogP contribution in [0.3, 0.4) is 0 Å². The van der Waals surface area contributed by atoms with Gasteiger partial charge in [-0.15, -0.1) is 0 Å². The molecule has 1 fully saturated rings. The van der Waals surface area contributed by atoms with Gasteiger partial charge in [-0.3, -0.25) is 4.79 Å². The molecule has 3 nitrogen and oxygen atoms in total. The van der Waals surface area contributed by atoms with E-state index >= 15 is 0 Å². The standard InChI is InChI=1S/C9H17NO2/c1-7(2)10-6-9(3,4)12-5-8(10)11/h7H,5-6H2,1-4H3. The number of carbonyl (C=O) groups excluding carboxylic acids is 1. The van der Waals surface area contributed by atoms with E-state index in [2.05, 4.69) is 0 Å². The third-order valence-electron chi connectivity index (χ3n) is 2.08. The molecule has 3 heteroatoms. The van der Waals surface area contributed by atoms with Crippen molar-refractivity contribution in [2.75, 3.05) is 13.2 Å². The fourth-order valence-corrected chi connectivity index (χ4v) is 1.35. The zero-order chi connectivity index (χ0) is 9.35. The number of rotatable bonds is 1. The lowest BCUT2D eigenvalue weighted by molar-refractivity contribution is -0.161. The highest BCUT2D eigenvalue weighted by molar-refractivity contribution is 5.78. The lowest BCUT2D eigenvalue weighted by Crippen LogP contribution is -2.53. The van der Waals surface area contributed by atoms with Crippen LogP contribution in [-0.4, -0.2) is 35.6 Å². The highest BCUT2D eigenvalue weighted by Gasteiger charge is 2.32. The topological polar surface area (TPSA) is 29.5 Å². The molecule has 1 rings (SSSR count). The summed E-state index contributed by atoms with van der Waals surface area (Å²) in [5.41, 5.74) is -0.182. The molecule has 1 amide bonds. The number of ether oxygens (including phenoxy) is 1. The number of amides is 1. The molecule has 0 saturated carbocycles. The van der Waals surface area contributed by atoms with Gasteiger partial charge in [-0.2, -0.15) is 0 Å². The van der Waals surface area contributed by atoms with Crippen LogP contribution in [0.2, 0.25) is 0 Å². The van der Waals surface area contributed by atoms with Crippen LogP contribution in [0.15, 0.2) is 0 Å². The zero-order valence-electron chi connectivity index (χ0n) is 8.26. The molecule has 1 saturated heterocycles. The molecule has 12 heavy (non-hydrogen) atoms. The van der Waals surface area contributed by atoms with Crippen LogP contribution in [0.4, 0.5) is 0 Å². The molecular weight excluding hydrogens is 154 g/mol. The molecule has 0 bridgehead atoms. The minimum atomic E-state index is -0.182. The van der Waals surface area contributed by atoms with Crippen molar-refractivity contribution in [2.24, 2.45) is 0 Å². The van der Waals surface area contributed by atoms with E-state index in [4.69, 9.17) is 4.74 Å². The van der Waals surface area contributed by atoms with Gasteiger partial charge in [-0.05, 0) is 27.7 Å². The maximum absolute atomic E-state index is 11.3. The van der Waals surface area contributed by atoms with Crippen LogP contribution in [0.1, 0.15) is 27.7 Å². The lowest BCUT2D eigenvalue weighted by Gasteiger charge is -2.39. The summed E-state index contributed by atoms with van der Waals surface area (Å²) in [6.45, 7) is 9.00. The second-order valence-electron chi connectivity index (χ2n) is 4.16. The number of carbonyl (C=O) groups is 1. The Kier molecular flexibility index (Phi) is 2.42. The summed E-state index contributed by atoms with van der Waals surface area (Å²) in [7, 11) is 0. The fraction of sp³-hybridized carbons (Fsp3) is 0.889. The highest BCUT2D eigenvalue weighted by Crippen LogP contribution is 2.18. The normalized spacial score (nSPS) is 23.4. The molecular formula is C9H17NO2. The zero-order valence-corrected chi connectivity index (χ0v) is 8.26. The molecule has 0 aromatic carbocycles. The first-order chi connectivity index (χ1) is 5.42. The molecule has 1 aliphatic heterocycles. The van der Waals surface area contributed by atoms with Crippen LogP contribution in [-0.2, 0) is 9.53 Å². The Balaban J connectivity index is 2.66. The molecule has 0 N–H and O–H groups in total. The van der Waals surface area contributed by atoms with Gasteiger partial charge in [-0.1, -0.05) is 0 Å². The Morgan fingerprint density at radius 3 is 2.50 bits per heavy atom. The molecule has 1 aliphatic rings. The van der Waals surface area contributed by atoms with Crippen molar-refractivity contribution in [3.05, 3.63) is 0 Å². The number of nitrogens with zero attached hydrogens (tertiary/aromatic N) is 1. The van der Waals surface area contributed by atoms with Crippen LogP contribution < -0.4 is 0 Å². The SMILES string of the molecule is CC(C)N1CC(C)(C)OCC1=O. The van der Waals surface area contributed by atoms with E-state index in [1.54, 1.807) is 0 Å². The van der Waals surface area contributed by atoms with Crippen LogP contribution in [0.25, 0.3) is 0 Å². The maximum atomic E-state index is 11.3. The third kappa shape index (κ3) is 1.97. The van der Waals surface area contributed by atoms with Gasteiger partial charge < -0.3 is 9.64 Å². The molecule has 0 aromatic heterocycles. The largest absolute Gasteiger partial charge is 0.364 e. The third-order valence-corrected chi connectivity index (χ3v) is 2.08. The molecule has 0 aromatic rings. The van der Waals surface area contributed by atoms with Gasteiger partial charge in [0, 0.05) is 12.6 Å². The van der Waals surface area contributed by atoms with Crippen molar-refractivity contribution in [3.63, 3.8) is 0 Å². The molecule has 0 atom stereocenters. The van der Waals surface area contributed by atoms with Gasteiger partial charge in [0.05, 0.1) is 5.60 Å². The molecule has 0 aliphatic carbocycles. The minimum Gasteiger partial charge on any atom is -0.364 e. The Morgan fingerprint density at radius 2 is 2.08 bits per heavy atom. The van der Waals surface area contributed by atoms with E-state index in [0.717, 1.165) is 0 Å². The van der Waals surface area contributed by atoms with Crippen molar-refractivity contribution in [2.45, 2.75) is 39.3 Å². The van der Waals surface area contributed by atoms with Crippen molar-refractivity contribution >= 4 is 5.91 Å². The quantitative estimate of drug-likeness (QED) is 0.589. The smallest absolute Gasteiger partial charge is 0.248 e. The van der Waals surface area contributed by atoms with Crippen LogP contribution in [0, 0.1) is 0 Å². The second kappa shape index (κ2) is 3.05. The van der Waals surface area contributed by atoms with Crippen molar-refractivity contribution in [3.8, 4) is 0 Å². The van der Waals surface area contributed by atoms with Gasteiger partial charge in [0.15, 0.2) is 0 Å². The molecule has 0 unspecified atom stereocenters. The maximum Gasteiger partial charge on any atom is 0.248 e. The summed E-state index contributed by atoms with van der Waals surface area (Å²) in [5.74, 6) is 0.101.